The molecule has 0 spiro atoms. The van der Waals surface area contributed by atoms with Crippen molar-refractivity contribution >= 4 is 27.7 Å². The van der Waals surface area contributed by atoms with Crippen LogP contribution in [0.25, 0.3) is 0 Å². The molecule has 0 unspecified atom stereocenters. The molecular formula is C11H15BrOS. The van der Waals surface area contributed by atoms with Crippen LogP contribution in [0.4, 0.5) is 0 Å². The van der Waals surface area contributed by atoms with E-state index in [9.17, 15) is 0 Å². The summed E-state index contributed by atoms with van der Waals surface area (Å²) in [6.07, 6.45) is 1.12. The third-order valence-corrected chi connectivity index (χ3v) is 3.23. The van der Waals surface area contributed by atoms with Crippen molar-refractivity contribution in [3.8, 4) is 5.75 Å². The molecule has 0 saturated heterocycles. The Morgan fingerprint density at radius 2 is 2.00 bits per heavy atom. The summed E-state index contributed by atoms with van der Waals surface area (Å²) in [7, 11) is 0. The normalized spacial score (nSPS) is 10.1. The van der Waals surface area contributed by atoms with Gasteiger partial charge in [-0.3, -0.25) is 0 Å². The second kappa shape index (κ2) is 7.18. The van der Waals surface area contributed by atoms with Gasteiger partial charge in [-0.15, -0.1) is 0 Å². The lowest BCUT2D eigenvalue weighted by molar-refractivity contribution is 0.318. The van der Waals surface area contributed by atoms with E-state index in [0.717, 1.165) is 23.2 Å². The SMILES string of the molecule is CCSCCCOc1ccc(Br)cc1. The Kier molecular flexibility index (Phi) is 6.12. The lowest BCUT2D eigenvalue weighted by Crippen LogP contribution is -1.98. The molecule has 0 atom stereocenters. The van der Waals surface area contributed by atoms with Crippen LogP contribution in [0.1, 0.15) is 13.3 Å². The Morgan fingerprint density at radius 3 is 2.64 bits per heavy atom. The van der Waals surface area contributed by atoms with Gasteiger partial charge >= 0.3 is 0 Å². The Balaban J connectivity index is 2.15. The highest BCUT2D eigenvalue weighted by molar-refractivity contribution is 9.10. The van der Waals surface area contributed by atoms with Crippen molar-refractivity contribution in [1.82, 2.24) is 0 Å². The average Bonchev–Trinajstić information content (AvgIpc) is 2.21. The number of hydrogen-bond acceptors (Lipinski definition) is 2. The first-order valence-corrected chi connectivity index (χ1v) is 6.74. The van der Waals surface area contributed by atoms with Gasteiger partial charge in [0, 0.05) is 4.47 Å². The van der Waals surface area contributed by atoms with Crippen molar-refractivity contribution in [3.05, 3.63) is 28.7 Å². The van der Waals surface area contributed by atoms with Crippen molar-refractivity contribution < 1.29 is 4.74 Å². The smallest absolute Gasteiger partial charge is 0.119 e. The predicted molar refractivity (Wildman–Crippen MR) is 67.3 cm³/mol. The van der Waals surface area contributed by atoms with Crippen LogP contribution in [0, 0.1) is 0 Å². The molecule has 0 bridgehead atoms. The van der Waals surface area contributed by atoms with Crippen LogP contribution in [-0.2, 0) is 0 Å². The van der Waals surface area contributed by atoms with E-state index in [0.29, 0.717) is 0 Å². The van der Waals surface area contributed by atoms with E-state index in [1.54, 1.807) is 0 Å². The number of ether oxygens (including phenoxy) is 1. The van der Waals surface area contributed by atoms with Gasteiger partial charge in [-0.05, 0) is 42.2 Å². The van der Waals surface area contributed by atoms with Crippen molar-refractivity contribution in [2.75, 3.05) is 18.1 Å². The van der Waals surface area contributed by atoms with Gasteiger partial charge in [-0.1, -0.05) is 22.9 Å². The first kappa shape index (κ1) is 11.9. The molecule has 0 amide bonds. The molecule has 0 aliphatic rings. The van der Waals surface area contributed by atoms with E-state index in [2.05, 4.69) is 22.9 Å². The fourth-order valence-electron chi connectivity index (χ4n) is 1.03. The zero-order valence-corrected chi connectivity index (χ0v) is 10.7. The minimum atomic E-state index is 0.814. The van der Waals surface area contributed by atoms with Crippen LogP contribution in [0.3, 0.4) is 0 Å². The van der Waals surface area contributed by atoms with Crippen LogP contribution < -0.4 is 4.74 Å². The number of thioether (sulfide) groups is 1. The summed E-state index contributed by atoms with van der Waals surface area (Å²) in [6, 6.07) is 7.96. The van der Waals surface area contributed by atoms with Gasteiger partial charge in [0.15, 0.2) is 0 Å². The summed E-state index contributed by atoms with van der Waals surface area (Å²) in [5.74, 6) is 3.33. The fourth-order valence-corrected chi connectivity index (χ4v) is 1.90. The first-order valence-electron chi connectivity index (χ1n) is 4.79. The molecule has 0 aromatic heterocycles. The Hall–Kier alpha value is -0.150. The van der Waals surface area contributed by atoms with Gasteiger partial charge in [-0.2, -0.15) is 11.8 Å². The molecule has 1 aromatic carbocycles. The molecule has 14 heavy (non-hydrogen) atoms. The van der Waals surface area contributed by atoms with Crippen molar-refractivity contribution in [2.45, 2.75) is 13.3 Å². The second-order valence-corrected chi connectivity index (χ2v) is 5.16. The largest absolute Gasteiger partial charge is 0.494 e. The van der Waals surface area contributed by atoms with Crippen LogP contribution in [0.2, 0.25) is 0 Å². The van der Waals surface area contributed by atoms with Crippen molar-refractivity contribution in [3.63, 3.8) is 0 Å². The summed E-state index contributed by atoms with van der Waals surface area (Å²) in [6.45, 7) is 2.99. The van der Waals surface area contributed by atoms with E-state index in [-0.39, 0.29) is 0 Å². The lowest BCUT2D eigenvalue weighted by atomic mass is 10.3. The van der Waals surface area contributed by atoms with Crippen LogP contribution in [-0.4, -0.2) is 18.1 Å². The Morgan fingerprint density at radius 1 is 1.29 bits per heavy atom. The van der Waals surface area contributed by atoms with Gasteiger partial charge in [-0.25, -0.2) is 0 Å². The summed E-state index contributed by atoms with van der Waals surface area (Å²) in [4.78, 5) is 0. The average molecular weight is 275 g/mol. The Labute approximate surface area is 98.4 Å². The highest BCUT2D eigenvalue weighted by atomic mass is 79.9. The van der Waals surface area contributed by atoms with Gasteiger partial charge in [0.2, 0.25) is 0 Å². The zero-order valence-electron chi connectivity index (χ0n) is 8.33. The molecule has 0 fully saturated rings. The summed E-state index contributed by atoms with van der Waals surface area (Å²) >= 11 is 5.35. The third kappa shape index (κ3) is 4.91. The monoisotopic (exact) mass is 274 g/mol. The second-order valence-electron chi connectivity index (χ2n) is 2.85. The first-order chi connectivity index (χ1) is 6.83. The summed E-state index contributed by atoms with van der Waals surface area (Å²) < 4.78 is 6.66. The lowest BCUT2D eigenvalue weighted by Gasteiger charge is -2.05. The minimum Gasteiger partial charge on any atom is -0.494 e. The molecule has 0 saturated carbocycles. The van der Waals surface area contributed by atoms with Crippen molar-refractivity contribution in [1.29, 1.82) is 0 Å². The Bertz CT molecular complexity index is 248. The van der Waals surface area contributed by atoms with E-state index >= 15 is 0 Å². The number of halogens is 1. The maximum absolute atomic E-state index is 5.57. The zero-order chi connectivity index (χ0) is 10.2. The van der Waals surface area contributed by atoms with E-state index in [4.69, 9.17) is 4.74 Å². The van der Waals surface area contributed by atoms with Crippen LogP contribution >= 0.6 is 27.7 Å². The minimum absolute atomic E-state index is 0.814. The van der Waals surface area contributed by atoms with Gasteiger partial charge in [0.1, 0.15) is 5.75 Å². The molecule has 0 aliphatic heterocycles. The molecule has 0 aliphatic carbocycles. The molecule has 1 aromatic rings. The van der Waals surface area contributed by atoms with Gasteiger partial charge in [0.05, 0.1) is 6.61 Å². The van der Waals surface area contributed by atoms with E-state index in [1.807, 2.05) is 36.0 Å². The highest BCUT2D eigenvalue weighted by Crippen LogP contribution is 2.16. The number of hydrogen-bond donors (Lipinski definition) is 0. The van der Waals surface area contributed by atoms with Gasteiger partial charge < -0.3 is 4.74 Å². The molecule has 1 rings (SSSR count). The molecule has 0 radical (unpaired) electrons. The molecule has 1 nitrogen and oxygen atoms in total. The molecule has 3 heteroatoms. The molecule has 0 heterocycles. The number of rotatable bonds is 6. The van der Waals surface area contributed by atoms with Crippen LogP contribution in [0.5, 0.6) is 5.75 Å². The maximum atomic E-state index is 5.57. The van der Waals surface area contributed by atoms with E-state index in [1.165, 1.54) is 11.5 Å². The molecular weight excluding hydrogens is 260 g/mol. The topological polar surface area (TPSA) is 9.23 Å². The summed E-state index contributed by atoms with van der Waals surface area (Å²) in [5, 5.41) is 0. The summed E-state index contributed by atoms with van der Waals surface area (Å²) in [5.41, 5.74) is 0. The molecule has 78 valence electrons. The van der Waals surface area contributed by atoms with E-state index < -0.39 is 0 Å². The third-order valence-electron chi connectivity index (χ3n) is 1.72. The molecule has 0 N–H and O–H groups in total. The quantitative estimate of drug-likeness (QED) is 0.726. The van der Waals surface area contributed by atoms with Crippen LogP contribution in [0.15, 0.2) is 28.7 Å². The van der Waals surface area contributed by atoms with Crippen molar-refractivity contribution in [2.24, 2.45) is 0 Å². The fraction of sp³-hybridized carbons (Fsp3) is 0.455. The predicted octanol–water partition coefficient (Wildman–Crippen LogP) is 3.97. The maximum Gasteiger partial charge on any atom is 0.119 e. The number of benzene rings is 1. The highest BCUT2D eigenvalue weighted by Gasteiger charge is 1.93. The standard InChI is InChI=1S/C11H15BrOS/c1-2-14-9-3-8-13-11-6-4-10(12)5-7-11/h4-7H,2-3,8-9H2,1H3. The van der Waals surface area contributed by atoms with Gasteiger partial charge in [0.25, 0.3) is 0 Å².